The zero-order chi connectivity index (χ0) is 70.2. The van der Waals surface area contributed by atoms with Gasteiger partial charge in [-0.3, -0.25) is 20.2 Å². The van der Waals surface area contributed by atoms with Crippen molar-refractivity contribution < 1.29 is 19.2 Å². The second-order valence-electron chi connectivity index (χ2n) is 28.6. The third-order valence-electron chi connectivity index (χ3n) is 22.5. The van der Waals surface area contributed by atoms with Gasteiger partial charge in [0.1, 0.15) is 4.47 Å². The molecule has 1 aliphatic heterocycles. The van der Waals surface area contributed by atoms with Gasteiger partial charge in [-0.1, -0.05) is 212 Å². The predicted molar refractivity (Wildman–Crippen MR) is 445 cm³/mol. The largest absolute Gasteiger partial charge is 0.494 e. The zero-order valence-corrected chi connectivity index (χ0v) is 60.1. The lowest BCUT2D eigenvalue weighted by Crippen LogP contribution is -2.41. The Morgan fingerprint density at radius 2 is 0.736 bits per heavy atom. The topological polar surface area (TPSA) is 118 Å². The van der Waals surface area contributed by atoms with Gasteiger partial charge in [0.25, 0.3) is 11.4 Å². The molecule has 0 spiro atoms. The summed E-state index contributed by atoms with van der Waals surface area (Å²) < 4.78 is 20.3. The fourth-order valence-electron chi connectivity index (χ4n) is 17.1. The van der Waals surface area contributed by atoms with Crippen LogP contribution in [0.2, 0.25) is 0 Å². The van der Waals surface area contributed by atoms with Crippen molar-refractivity contribution in [1.29, 1.82) is 0 Å². The van der Waals surface area contributed by atoms with Crippen LogP contribution in [0.15, 0.2) is 290 Å². The molecule has 2 aliphatic rings. The molecule has 3 radical (unpaired) electrons. The van der Waals surface area contributed by atoms with Crippen LogP contribution in [0.1, 0.15) is 38.8 Å². The first-order valence-corrected chi connectivity index (χ1v) is 35.9. The molecule has 23 rings (SSSR count). The van der Waals surface area contributed by atoms with Gasteiger partial charge in [0.05, 0.1) is 76.3 Å². The summed E-state index contributed by atoms with van der Waals surface area (Å²) >= 11 is 3.24. The Morgan fingerprint density at radius 3 is 1.25 bits per heavy atom. The zero-order valence-electron chi connectivity index (χ0n) is 58.6. The number of nitrogens with zero attached hydrogens (tertiary/aromatic N) is 5. The molecule has 0 bridgehead atoms. The molecule has 0 unspecified atom stereocenters. The van der Waals surface area contributed by atoms with Crippen molar-refractivity contribution in [1.82, 2.24) is 13.2 Å². The monoisotopic (exact) mass is 1440 g/mol. The maximum Gasteiger partial charge on any atom is 0.494 e. The Labute approximate surface area is 619 Å². The van der Waals surface area contributed by atoms with Crippen molar-refractivity contribution in [2.45, 2.75) is 45.3 Å². The minimum Gasteiger partial charge on any atom is -0.399 e. The molecular formula is C92H64B2BrN5O6-. The Hall–Kier alpha value is -12.2. The van der Waals surface area contributed by atoms with Gasteiger partial charge in [0.15, 0.2) is 0 Å². The average Bonchev–Trinajstić information content (AvgIpc) is 1.55. The summed E-state index contributed by atoms with van der Waals surface area (Å²) in [7, 11) is -0.341. The third kappa shape index (κ3) is 9.67. The van der Waals surface area contributed by atoms with Crippen molar-refractivity contribution in [3.8, 4) is 22.3 Å². The molecule has 14 heteroatoms. The van der Waals surface area contributed by atoms with Gasteiger partial charge < -0.3 is 29.9 Å². The van der Waals surface area contributed by atoms with E-state index in [4.69, 9.17) is 9.31 Å². The first-order valence-electron chi connectivity index (χ1n) is 35.1. The number of halogens is 1. The van der Waals surface area contributed by atoms with Gasteiger partial charge in [-0.15, -0.1) is 0 Å². The maximum atomic E-state index is 11.9. The Balaban J connectivity index is 0.000000103. The fourth-order valence-corrected chi connectivity index (χ4v) is 17.8. The maximum absolute atomic E-state index is 11.9. The van der Waals surface area contributed by atoms with Crippen molar-refractivity contribution in [3.63, 3.8) is 0 Å². The fraction of sp³-hybridized carbons (Fsp3) is 0.0761. The van der Waals surface area contributed by atoms with Crippen molar-refractivity contribution in [2.24, 2.45) is 0 Å². The van der Waals surface area contributed by atoms with Crippen molar-refractivity contribution in [2.75, 3.05) is 0 Å². The highest BCUT2D eigenvalue weighted by molar-refractivity contribution is 9.10. The van der Waals surface area contributed by atoms with E-state index in [0.717, 1.165) is 49.9 Å². The van der Waals surface area contributed by atoms with Crippen LogP contribution in [-0.4, -0.2) is 49.8 Å². The second-order valence-corrected chi connectivity index (χ2v) is 29.4. The molecule has 21 aromatic rings. The Kier molecular flexibility index (Phi) is 15.2. The van der Waals surface area contributed by atoms with E-state index in [1.165, 1.54) is 142 Å². The Morgan fingerprint density at radius 1 is 0.358 bits per heavy atom. The van der Waals surface area contributed by atoms with E-state index in [1.54, 1.807) is 12.1 Å². The molecule has 0 atom stereocenters. The average molecular weight is 1440 g/mol. The lowest BCUT2D eigenvalue weighted by molar-refractivity contribution is -0.385. The Bertz CT molecular complexity index is 7200. The summed E-state index contributed by atoms with van der Waals surface area (Å²) in [5, 5.41) is 44.3. The van der Waals surface area contributed by atoms with E-state index in [-0.39, 0.29) is 50.5 Å². The molecule has 1 aliphatic carbocycles. The van der Waals surface area contributed by atoms with Crippen LogP contribution in [0.3, 0.4) is 0 Å². The number of rotatable bonds is 4. The molecule has 0 saturated carbocycles. The first-order chi connectivity index (χ1) is 50.7. The number of hydrogen-bond acceptors (Lipinski definition) is 6. The third-order valence-corrected chi connectivity index (χ3v) is 23.4. The second kappa shape index (κ2) is 24.5. The van der Waals surface area contributed by atoms with E-state index in [1.807, 2.05) is 60.7 Å². The highest BCUT2D eigenvalue weighted by atomic mass is 79.9. The summed E-state index contributed by atoms with van der Waals surface area (Å²) in [5.74, 6) is 0. The van der Waals surface area contributed by atoms with Gasteiger partial charge in [0.2, 0.25) is 0 Å². The van der Waals surface area contributed by atoms with Crippen LogP contribution in [-0.2, 0) is 15.7 Å². The van der Waals surface area contributed by atoms with E-state index in [2.05, 4.69) is 263 Å². The summed E-state index contributed by atoms with van der Waals surface area (Å²) in [6.07, 6.45) is 1.02. The van der Waals surface area contributed by atoms with E-state index < -0.39 is 4.92 Å². The molecule has 15 aromatic carbocycles. The predicted octanol–water partition coefficient (Wildman–Crippen LogP) is 23.8. The van der Waals surface area contributed by atoms with Crippen molar-refractivity contribution in [3.05, 3.63) is 328 Å². The smallest absolute Gasteiger partial charge is 0.399 e. The number of aromatic nitrogens is 3. The summed E-state index contributed by atoms with van der Waals surface area (Å²) in [6, 6.07) is 98.8. The van der Waals surface area contributed by atoms with E-state index in [9.17, 15) is 20.2 Å². The number of benzene rings is 15. The van der Waals surface area contributed by atoms with Crippen LogP contribution in [0.4, 0.5) is 11.4 Å². The number of fused-ring (bicyclic) bond motifs is 25. The van der Waals surface area contributed by atoms with Crippen LogP contribution in [0, 0.1) is 27.7 Å². The molecular weight excluding hydrogens is 1370 g/mol. The van der Waals surface area contributed by atoms with Crippen LogP contribution < -0.4 is 5.46 Å². The first kappa shape index (κ1) is 65.8. The van der Waals surface area contributed by atoms with Gasteiger partial charge in [-0.25, -0.2) is 0 Å². The van der Waals surface area contributed by atoms with Crippen LogP contribution in [0.25, 0.3) is 169 Å². The molecule has 106 heavy (non-hydrogen) atoms. The van der Waals surface area contributed by atoms with Crippen LogP contribution >= 0.6 is 15.9 Å². The molecule has 6 aromatic heterocycles. The minimum absolute atomic E-state index is 0. The van der Waals surface area contributed by atoms with Crippen molar-refractivity contribution >= 4 is 195 Å². The number of hydrogen-bond donors (Lipinski definition) is 0. The molecule has 507 valence electrons. The highest BCUT2D eigenvalue weighted by Crippen LogP contribution is 2.49. The molecule has 0 N–H and O–H groups in total. The standard InChI is InChI=1S/C29H17N.C28H16N2O2.C24H22BNO2.C10H6BrNO2.CH3.B/c1-2-7-20-17(6-1)12-13-18-14-19-15-27-25(16-24(19)28(18)20)23-10-5-9-22-21-8-3-4-11-26(21)30(27)29(22)23;31-30(32)26-15-12-17-6-1-2-7-19(17)27(26)18-13-14-25-23(16-18)22-10-5-9-21-20-8-3-4-11-24(20)29(25)28(21)22;1-23(2)24(3,4)28-25(27-23)15-12-13-21-19(14-15)18-10-7-9-17-16-8-5-6-11-20(16)26(21)22(17)18;11-10-8-4-2-1-3-7(8)5-6-9(10)12(13)14;;/h1-13,15-16H,14H2;1-16H;5-14H,1-4H3;1-6H;1H3;/q;;;;-1;. The van der Waals surface area contributed by atoms with Gasteiger partial charge in [0, 0.05) is 90.6 Å². The summed E-state index contributed by atoms with van der Waals surface area (Å²) in [5.41, 5.74) is 19.2. The quantitative estimate of drug-likeness (QED) is 0.0750. The summed E-state index contributed by atoms with van der Waals surface area (Å²) in [6.45, 7) is 8.38. The minimum atomic E-state index is -0.392. The molecule has 1 fully saturated rings. The molecule has 0 amide bonds. The van der Waals surface area contributed by atoms with Gasteiger partial charge in [-0.05, 0) is 171 Å². The highest BCUT2D eigenvalue weighted by Gasteiger charge is 2.52. The van der Waals surface area contributed by atoms with Gasteiger partial charge >= 0.3 is 7.12 Å². The van der Waals surface area contributed by atoms with E-state index >= 15 is 0 Å². The number of nitro groups is 2. The molecule has 7 heterocycles. The normalized spacial score (nSPS) is 13.7. The molecule has 1 saturated heterocycles. The lowest BCUT2D eigenvalue weighted by Gasteiger charge is -2.32. The van der Waals surface area contributed by atoms with Crippen LogP contribution in [0.5, 0.6) is 0 Å². The SMILES string of the molecule is CC1(C)OB(c2ccc3c(c2)c2cccc4c5ccccc5n3c42)OC1(C)C.O=[N+]([O-])c1ccc2ccccc2c1-c1ccc2c(c1)c1cccc3c4ccccc4n2c31.O=[N+]([O-])c1ccc2ccccc2c1Br.[B].[CH3-].c1ccc2c3c(ccc2c1)Cc1cc2c(cc1-3)c1cccc3c4ccccc4n2c31. The molecule has 11 nitrogen and oxygen atoms in total. The number of nitro benzene ring substituents is 2. The van der Waals surface area contributed by atoms with E-state index in [0.29, 0.717) is 10.0 Å². The number of para-hydroxylation sites is 6. The summed E-state index contributed by atoms with van der Waals surface area (Å²) in [4.78, 5) is 21.9. The van der Waals surface area contributed by atoms with Gasteiger partial charge in [-0.2, -0.15) is 0 Å². The lowest BCUT2D eigenvalue weighted by atomic mass is 9.78.